The lowest BCUT2D eigenvalue weighted by Crippen LogP contribution is -2.22. The van der Waals surface area contributed by atoms with Gasteiger partial charge in [0.25, 0.3) is 5.09 Å². The second-order valence-electron chi connectivity index (χ2n) is 10.6. The Kier molecular flexibility index (Phi) is 13.2. The molecular weight excluding hydrogens is 585 g/mol. The van der Waals surface area contributed by atoms with E-state index in [1.165, 1.54) is 18.2 Å². The van der Waals surface area contributed by atoms with Gasteiger partial charge < -0.3 is 30.2 Å². The van der Waals surface area contributed by atoms with Crippen molar-refractivity contribution in [2.24, 2.45) is 11.8 Å². The quantitative estimate of drug-likeness (QED) is 0.0925. The molecule has 1 fully saturated rings. The van der Waals surface area contributed by atoms with Gasteiger partial charge in [-0.2, -0.15) is 13.2 Å². The standard InChI is InChI=1S/C31H37F3N2O8/c32-31(33,34)23-9-6-10-25(16-23)43-20-24(37)13-14-27-26(28(38)17-29(27)39)11-3-1-2-4-12-30(40)35-18-21-7-5-8-22(15-21)19-44-36(41)42/h1,3,5-10,13-16,24,26-29,37-39H,2,4,11-12,17-20H2,(H,35,40)/t24-,26-,27-,28+,29-/m1/s1. The summed E-state index contributed by atoms with van der Waals surface area (Å²) in [6, 6.07) is 11.3. The predicted molar refractivity (Wildman–Crippen MR) is 153 cm³/mol. The summed E-state index contributed by atoms with van der Waals surface area (Å²) in [6.07, 6.45) is 1.75. The van der Waals surface area contributed by atoms with Gasteiger partial charge in [0.1, 0.15) is 25.1 Å². The number of ether oxygens (including phenoxy) is 1. The molecule has 0 aliphatic heterocycles. The molecule has 0 radical (unpaired) electrons. The van der Waals surface area contributed by atoms with Crippen molar-refractivity contribution in [1.29, 1.82) is 0 Å². The van der Waals surface area contributed by atoms with Crippen molar-refractivity contribution in [3.8, 4) is 5.75 Å². The Morgan fingerprint density at radius 3 is 2.61 bits per heavy atom. The van der Waals surface area contributed by atoms with E-state index >= 15 is 0 Å². The largest absolute Gasteiger partial charge is 0.491 e. The summed E-state index contributed by atoms with van der Waals surface area (Å²) in [7, 11) is 0. The Bertz CT molecular complexity index is 1290. The maximum Gasteiger partial charge on any atom is 0.416 e. The molecule has 2 aromatic rings. The Balaban J connectivity index is 1.38. The SMILES string of the molecule is O=C(CCCC=CC[C@@H]1[C@@H](C=C[C@@H](O)COc2cccc(C(F)(F)F)c2)[C@H](O)C[C@@H]1O)NCc1cccc(CO[N+](=O)[O-])c1. The molecule has 0 heterocycles. The highest BCUT2D eigenvalue weighted by Gasteiger charge is 2.39. The molecule has 1 amide bonds. The van der Waals surface area contributed by atoms with Crippen LogP contribution in [0.15, 0.2) is 72.8 Å². The van der Waals surface area contributed by atoms with Crippen molar-refractivity contribution in [2.75, 3.05) is 6.61 Å². The zero-order valence-corrected chi connectivity index (χ0v) is 23.9. The minimum absolute atomic E-state index is 0.0307. The van der Waals surface area contributed by atoms with Gasteiger partial charge in [0.05, 0.1) is 17.8 Å². The van der Waals surface area contributed by atoms with E-state index in [4.69, 9.17) is 4.74 Å². The summed E-state index contributed by atoms with van der Waals surface area (Å²) in [4.78, 5) is 26.9. The van der Waals surface area contributed by atoms with E-state index in [0.29, 0.717) is 31.2 Å². The van der Waals surface area contributed by atoms with Crippen LogP contribution in [-0.4, -0.2) is 51.2 Å². The van der Waals surface area contributed by atoms with E-state index in [2.05, 4.69) is 10.2 Å². The fourth-order valence-corrected chi connectivity index (χ4v) is 4.96. The number of unbranched alkanes of at least 4 members (excludes halogenated alkanes) is 1. The highest BCUT2D eigenvalue weighted by molar-refractivity contribution is 5.75. The van der Waals surface area contributed by atoms with Crippen molar-refractivity contribution >= 4 is 5.91 Å². The number of hydrogen-bond donors (Lipinski definition) is 4. The first-order valence-electron chi connectivity index (χ1n) is 14.2. The number of carbonyl (C=O) groups excluding carboxylic acids is 1. The number of nitrogens with one attached hydrogen (secondary N) is 1. The molecule has 3 rings (SSSR count). The molecule has 44 heavy (non-hydrogen) atoms. The number of nitrogens with zero attached hydrogens (tertiary/aromatic N) is 1. The van der Waals surface area contributed by atoms with Gasteiger partial charge in [-0.15, -0.1) is 10.1 Å². The van der Waals surface area contributed by atoms with Gasteiger partial charge >= 0.3 is 6.18 Å². The van der Waals surface area contributed by atoms with E-state index < -0.39 is 41.1 Å². The van der Waals surface area contributed by atoms with E-state index in [1.807, 2.05) is 12.2 Å². The second-order valence-corrected chi connectivity index (χ2v) is 10.6. The Morgan fingerprint density at radius 2 is 1.86 bits per heavy atom. The van der Waals surface area contributed by atoms with Crippen molar-refractivity contribution in [2.45, 2.75) is 69.7 Å². The number of alkyl halides is 3. The minimum atomic E-state index is -4.51. The fraction of sp³-hybridized carbons (Fsp3) is 0.452. The molecule has 2 aromatic carbocycles. The number of benzene rings is 2. The van der Waals surface area contributed by atoms with Gasteiger partial charge in [-0.1, -0.05) is 54.6 Å². The lowest BCUT2D eigenvalue weighted by Gasteiger charge is -2.19. The normalized spacial score (nSPS) is 21.0. The molecule has 0 spiro atoms. The highest BCUT2D eigenvalue weighted by atomic mass is 19.4. The summed E-state index contributed by atoms with van der Waals surface area (Å²) in [5.74, 6) is -0.908. The van der Waals surface area contributed by atoms with Crippen LogP contribution in [0, 0.1) is 22.0 Å². The number of aliphatic hydroxyl groups is 3. The second kappa shape index (κ2) is 16.8. The molecule has 4 N–H and O–H groups in total. The zero-order valence-electron chi connectivity index (χ0n) is 23.9. The van der Waals surface area contributed by atoms with Crippen LogP contribution in [0.3, 0.4) is 0 Å². The summed E-state index contributed by atoms with van der Waals surface area (Å²) in [6.45, 7) is -0.172. The number of carbonyl (C=O) groups is 1. The zero-order chi connectivity index (χ0) is 32.1. The topological polar surface area (TPSA) is 151 Å². The summed E-state index contributed by atoms with van der Waals surface area (Å²) in [5.41, 5.74) is 0.556. The van der Waals surface area contributed by atoms with Gasteiger partial charge in [0.2, 0.25) is 5.91 Å². The molecule has 0 bridgehead atoms. The summed E-state index contributed by atoms with van der Waals surface area (Å²) < 4.78 is 43.9. The third-order valence-corrected chi connectivity index (χ3v) is 7.22. The van der Waals surface area contributed by atoms with Gasteiger partial charge in [-0.3, -0.25) is 4.79 Å². The predicted octanol–water partition coefficient (Wildman–Crippen LogP) is 4.50. The molecule has 1 saturated carbocycles. The van der Waals surface area contributed by atoms with Crippen LogP contribution in [0.1, 0.15) is 48.8 Å². The van der Waals surface area contributed by atoms with Crippen LogP contribution < -0.4 is 10.1 Å². The van der Waals surface area contributed by atoms with E-state index in [1.54, 1.807) is 30.3 Å². The number of allylic oxidation sites excluding steroid dienone is 2. The van der Waals surface area contributed by atoms with E-state index in [0.717, 1.165) is 17.7 Å². The maximum atomic E-state index is 12.9. The van der Waals surface area contributed by atoms with Crippen molar-refractivity contribution in [1.82, 2.24) is 5.32 Å². The van der Waals surface area contributed by atoms with Crippen LogP contribution >= 0.6 is 0 Å². The van der Waals surface area contributed by atoms with Crippen LogP contribution in [0.4, 0.5) is 13.2 Å². The fourth-order valence-electron chi connectivity index (χ4n) is 4.96. The van der Waals surface area contributed by atoms with Gasteiger partial charge in [-0.25, -0.2) is 0 Å². The third kappa shape index (κ3) is 11.6. The monoisotopic (exact) mass is 622 g/mol. The van der Waals surface area contributed by atoms with Gasteiger partial charge in [0.15, 0.2) is 0 Å². The Labute approximate surface area is 252 Å². The number of hydrogen-bond acceptors (Lipinski definition) is 8. The molecule has 0 unspecified atom stereocenters. The Hall–Kier alpha value is -3.94. The molecule has 1 aliphatic carbocycles. The first kappa shape index (κ1) is 34.5. The number of aliphatic hydroxyl groups excluding tert-OH is 3. The molecule has 1 aliphatic rings. The average molecular weight is 623 g/mol. The molecule has 0 aromatic heterocycles. The Morgan fingerprint density at radius 1 is 1.11 bits per heavy atom. The van der Waals surface area contributed by atoms with Crippen molar-refractivity contribution in [3.63, 3.8) is 0 Å². The van der Waals surface area contributed by atoms with Crippen LogP contribution in [-0.2, 0) is 29.0 Å². The number of rotatable bonds is 16. The van der Waals surface area contributed by atoms with Gasteiger partial charge in [0, 0.05) is 25.3 Å². The van der Waals surface area contributed by atoms with E-state index in [-0.39, 0.29) is 43.8 Å². The smallest absolute Gasteiger partial charge is 0.416 e. The van der Waals surface area contributed by atoms with Crippen molar-refractivity contribution in [3.05, 3.63) is 99.6 Å². The average Bonchev–Trinajstić information content (AvgIpc) is 3.25. The highest BCUT2D eigenvalue weighted by Crippen LogP contribution is 2.36. The first-order chi connectivity index (χ1) is 20.9. The molecule has 240 valence electrons. The molecule has 0 saturated heterocycles. The maximum absolute atomic E-state index is 12.9. The van der Waals surface area contributed by atoms with Crippen LogP contribution in [0.5, 0.6) is 5.75 Å². The summed E-state index contributed by atoms with van der Waals surface area (Å²) in [5, 5.41) is 43.4. The molecule has 5 atom stereocenters. The molecule has 10 nitrogen and oxygen atoms in total. The lowest BCUT2D eigenvalue weighted by molar-refractivity contribution is -0.763. The minimum Gasteiger partial charge on any atom is -0.491 e. The van der Waals surface area contributed by atoms with Crippen LogP contribution in [0.2, 0.25) is 0 Å². The summed E-state index contributed by atoms with van der Waals surface area (Å²) >= 11 is 0. The third-order valence-electron chi connectivity index (χ3n) is 7.22. The van der Waals surface area contributed by atoms with Crippen LogP contribution in [0.25, 0.3) is 0 Å². The van der Waals surface area contributed by atoms with Gasteiger partial charge in [-0.05, 0) is 54.5 Å². The molecular formula is C31H37F3N2O8. The number of amides is 1. The first-order valence-corrected chi connectivity index (χ1v) is 14.2. The lowest BCUT2D eigenvalue weighted by atomic mass is 9.89. The number of halogens is 3. The van der Waals surface area contributed by atoms with E-state index in [9.17, 15) is 43.4 Å². The van der Waals surface area contributed by atoms with Crippen molar-refractivity contribution < 1.29 is 47.9 Å². The molecule has 13 heteroatoms.